The Morgan fingerprint density at radius 3 is 2.19 bits per heavy atom. The van der Waals surface area contributed by atoms with Gasteiger partial charge in [-0.25, -0.2) is 0 Å². The predicted molar refractivity (Wildman–Crippen MR) is 74.7 cm³/mol. The number of hydrogen-bond acceptors (Lipinski definition) is 4. The number of carbonyl (C=O) groups excluding carboxylic acids is 3. The van der Waals surface area contributed by atoms with Gasteiger partial charge in [0, 0.05) is 5.56 Å². The fourth-order valence-electron chi connectivity index (χ4n) is 1.66. The number of amides is 3. The van der Waals surface area contributed by atoms with Gasteiger partial charge in [0.05, 0.1) is 5.56 Å². The summed E-state index contributed by atoms with van der Waals surface area (Å²) in [6.07, 6.45) is 0. The summed E-state index contributed by atoms with van der Waals surface area (Å²) in [6.45, 7) is -1.21. The first-order chi connectivity index (χ1) is 9.95. The molecule has 0 aromatic heterocycles. The molecule has 3 amide bonds. The van der Waals surface area contributed by atoms with Crippen LogP contribution in [0.15, 0.2) is 24.3 Å². The molecule has 0 radical (unpaired) electrons. The summed E-state index contributed by atoms with van der Waals surface area (Å²) in [4.78, 5) is 35.3. The number of hydrogen-bond donors (Lipinski definition) is 3. The molecule has 0 atom stereocenters. The van der Waals surface area contributed by atoms with Crippen molar-refractivity contribution in [1.29, 1.82) is 0 Å². The van der Waals surface area contributed by atoms with Crippen LogP contribution in [0.25, 0.3) is 0 Å². The van der Waals surface area contributed by atoms with Crippen LogP contribution >= 0.6 is 0 Å². The van der Waals surface area contributed by atoms with Crippen LogP contribution in [-0.2, 0) is 9.59 Å². The number of nitrogens with zero attached hydrogens (tertiary/aromatic N) is 1. The smallest absolute Gasteiger partial charge is 0.256 e. The Kier molecular flexibility index (Phi) is 5.92. The van der Waals surface area contributed by atoms with E-state index in [0.29, 0.717) is 5.56 Å². The predicted octanol–water partition coefficient (Wildman–Crippen LogP) is -1.56. The van der Waals surface area contributed by atoms with Crippen molar-refractivity contribution in [2.24, 2.45) is 11.5 Å². The highest BCUT2D eigenvalue weighted by Gasteiger charge is 2.21. The monoisotopic (exact) mass is 289 g/mol. The molecule has 0 unspecified atom stereocenters. The lowest BCUT2D eigenvalue weighted by molar-refractivity contribution is -0.121. The van der Waals surface area contributed by atoms with Gasteiger partial charge < -0.3 is 21.5 Å². The minimum Gasteiger partial charge on any atom is -0.384 e. The Balaban J connectivity index is 3.13. The molecule has 0 bridgehead atoms. The second kappa shape index (κ2) is 7.67. The molecule has 110 valence electrons. The third-order valence-corrected chi connectivity index (χ3v) is 2.44. The van der Waals surface area contributed by atoms with Crippen LogP contribution in [-0.4, -0.2) is 47.4 Å². The summed E-state index contributed by atoms with van der Waals surface area (Å²) < 4.78 is 0. The van der Waals surface area contributed by atoms with Gasteiger partial charge in [-0.2, -0.15) is 0 Å². The number of aliphatic hydroxyl groups is 1. The zero-order chi connectivity index (χ0) is 15.8. The van der Waals surface area contributed by atoms with Crippen LogP contribution in [0.2, 0.25) is 0 Å². The average molecular weight is 289 g/mol. The van der Waals surface area contributed by atoms with Crippen molar-refractivity contribution < 1.29 is 19.5 Å². The minimum atomic E-state index is -0.761. The maximum absolute atomic E-state index is 12.4. The molecular formula is C14H15N3O4. The van der Waals surface area contributed by atoms with E-state index in [1.807, 2.05) is 0 Å². The SMILES string of the molecule is NC(=O)CN(CC(N)=O)C(=O)c1ccccc1C#CCO. The molecule has 1 aromatic carbocycles. The fraction of sp³-hybridized carbons (Fsp3) is 0.214. The highest BCUT2D eigenvalue weighted by Crippen LogP contribution is 2.11. The summed E-state index contributed by atoms with van der Waals surface area (Å²) in [7, 11) is 0. The molecule has 5 N–H and O–H groups in total. The van der Waals surface area contributed by atoms with Gasteiger partial charge in [-0.15, -0.1) is 0 Å². The second-order valence-electron chi connectivity index (χ2n) is 4.10. The molecule has 7 nitrogen and oxygen atoms in total. The van der Waals surface area contributed by atoms with Crippen LogP contribution in [0.3, 0.4) is 0 Å². The van der Waals surface area contributed by atoms with E-state index < -0.39 is 30.8 Å². The number of aliphatic hydroxyl groups excluding tert-OH is 1. The first kappa shape index (κ1) is 16.2. The highest BCUT2D eigenvalue weighted by molar-refractivity contribution is 6.00. The summed E-state index contributed by atoms with van der Waals surface area (Å²) in [6, 6.07) is 6.37. The molecular weight excluding hydrogens is 274 g/mol. The number of primary amides is 2. The van der Waals surface area contributed by atoms with Crippen LogP contribution in [0.5, 0.6) is 0 Å². The molecule has 7 heteroatoms. The van der Waals surface area contributed by atoms with Crippen molar-refractivity contribution in [3.63, 3.8) is 0 Å². The molecule has 0 aliphatic rings. The largest absolute Gasteiger partial charge is 0.384 e. The van der Waals surface area contributed by atoms with Gasteiger partial charge in [-0.1, -0.05) is 24.0 Å². The van der Waals surface area contributed by atoms with Gasteiger partial charge in [-0.3, -0.25) is 14.4 Å². The van der Waals surface area contributed by atoms with Crippen molar-refractivity contribution in [3.05, 3.63) is 35.4 Å². The topological polar surface area (TPSA) is 127 Å². The molecule has 1 rings (SSSR count). The van der Waals surface area contributed by atoms with Crippen LogP contribution in [0.1, 0.15) is 15.9 Å². The second-order valence-corrected chi connectivity index (χ2v) is 4.10. The first-order valence-electron chi connectivity index (χ1n) is 6.00. The maximum atomic E-state index is 12.4. The Hall–Kier alpha value is -2.85. The Labute approximate surface area is 121 Å². The minimum absolute atomic E-state index is 0.195. The number of nitrogens with two attached hydrogens (primary N) is 2. The molecule has 0 saturated carbocycles. The summed E-state index contributed by atoms with van der Waals surface area (Å²) in [5.41, 5.74) is 10.7. The number of rotatable bonds is 5. The van der Waals surface area contributed by atoms with Gasteiger partial charge in [-0.05, 0) is 12.1 Å². The Bertz CT molecular complexity index is 600. The molecule has 0 aliphatic carbocycles. The standard InChI is InChI=1S/C14H15N3O4/c15-12(19)8-17(9-13(16)20)14(21)11-6-2-1-4-10(11)5-3-7-18/h1-2,4,6,18H,7-9H2,(H2,15,19)(H2,16,20). The van der Waals surface area contributed by atoms with E-state index in [1.54, 1.807) is 18.2 Å². The van der Waals surface area contributed by atoms with Crippen LogP contribution in [0, 0.1) is 11.8 Å². The van der Waals surface area contributed by atoms with E-state index >= 15 is 0 Å². The lowest BCUT2D eigenvalue weighted by Gasteiger charge is -2.20. The van der Waals surface area contributed by atoms with Crippen molar-refractivity contribution in [2.75, 3.05) is 19.7 Å². The van der Waals surface area contributed by atoms with Crippen LogP contribution < -0.4 is 11.5 Å². The van der Waals surface area contributed by atoms with Crippen LogP contribution in [0.4, 0.5) is 0 Å². The van der Waals surface area contributed by atoms with Gasteiger partial charge in [0.25, 0.3) is 5.91 Å². The number of benzene rings is 1. The average Bonchev–Trinajstić information content (AvgIpc) is 2.43. The molecule has 21 heavy (non-hydrogen) atoms. The molecule has 1 aromatic rings. The van der Waals surface area contributed by atoms with E-state index in [2.05, 4.69) is 11.8 Å². The molecule has 0 heterocycles. The summed E-state index contributed by atoms with van der Waals surface area (Å²) in [5.74, 6) is 2.95. The molecule has 0 aliphatic heterocycles. The first-order valence-corrected chi connectivity index (χ1v) is 6.00. The van der Waals surface area contributed by atoms with Crippen molar-refractivity contribution >= 4 is 17.7 Å². The zero-order valence-electron chi connectivity index (χ0n) is 11.2. The quantitative estimate of drug-likeness (QED) is 0.567. The summed E-state index contributed by atoms with van der Waals surface area (Å²) >= 11 is 0. The lowest BCUT2D eigenvalue weighted by Crippen LogP contribution is -2.43. The highest BCUT2D eigenvalue weighted by atomic mass is 16.2. The normalized spacial score (nSPS) is 9.38. The van der Waals surface area contributed by atoms with Crippen molar-refractivity contribution in [2.45, 2.75) is 0 Å². The lowest BCUT2D eigenvalue weighted by atomic mass is 10.1. The number of carbonyl (C=O) groups is 3. The van der Waals surface area contributed by atoms with E-state index in [-0.39, 0.29) is 12.2 Å². The Morgan fingerprint density at radius 1 is 1.10 bits per heavy atom. The Morgan fingerprint density at radius 2 is 1.67 bits per heavy atom. The van der Waals surface area contributed by atoms with Gasteiger partial charge >= 0.3 is 0 Å². The van der Waals surface area contributed by atoms with Gasteiger partial charge in [0.2, 0.25) is 11.8 Å². The van der Waals surface area contributed by atoms with E-state index in [0.717, 1.165) is 4.90 Å². The summed E-state index contributed by atoms with van der Waals surface area (Å²) in [5, 5.41) is 8.71. The third kappa shape index (κ3) is 4.97. The fourth-order valence-corrected chi connectivity index (χ4v) is 1.66. The van der Waals surface area contributed by atoms with E-state index in [4.69, 9.17) is 16.6 Å². The van der Waals surface area contributed by atoms with Crippen molar-refractivity contribution in [1.82, 2.24) is 4.90 Å². The van der Waals surface area contributed by atoms with Gasteiger partial charge in [0.15, 0.2) is 0 Å². The van der Waals surface area contributed by atoms with E-state index in [9.17, 15) is 14.4 Å². The third-order valence-electron chi connectivity index (χ3n) is 2.44. The molecule has 0 spiro atoms. The van der Waals surface area contributed by atoms with Crippen molar-refractivity contribution in [3.8, 4) is 11.8 Å². The maximum Gasteiger partial charge on any atom is 0.256 e. The molecule has 0 fully saturated rings. The zero-order valence-corrected chi connectivity index (χ0v) is 11.2. The molecule has 0 saturated heterocycles. The van der Waals surface area contributed by atoms with Gasteiger partial charge in [0.1, 0.15) is 19.7 Å². The van der Waals surface area contributed by atoms with E-state index in [1.165, 1.54) is 6.07 Å².